The molecule has 0 atom stereocenters. The summed E-state index contributed by atoms with van der Waals surface area (Å²) < 4.78 is 10.9. The van der Waals surface area contributed by atoms with Gasteiger partial charge in [0.25, 0.3) is 5.91 Å². The van der Waals surface area contributed by atoms with E-state index in [1.165, 1.54) is 5.01 Å². The quantitative estimate of drug-likeness (QED) is 0.450. The number of benzene rings is 2. The van der Waals surface area contributed by atoms with Crippen molar-refractivity contribution in [3.05, 3.63) is 83.6 Å². The summed E-state index contributed by atoms with van der Waals surface area (Å²) in [6.07, 6.45) is 1.70. The summed E-state index contributed by atoms with van der Waals surface area (Å²) in [4.78, 5) is 24.6. The van der Waals surface area contributed by atoms with Crippen LogP contribution in [0.3, 0.4) is 0 Å². The maximum Gasteiger partial charge on any atom is 0.338 e. The van der Waals surface area contributed by atoms with Gasteiger partial charge < -0.3 is 9.15 Å². The van der Waals surface area contributed by atoms with Crippen molar-refractivity contribution in [3.63, 3.8) is 0 Å². The first-order chi connectivity index (χ1) is 14.6. The van der Waals surface area contributed by atoms with Crippen LogP contribution < -0.4 is 5.01 Å². The maximum absolute atomic E-state index is 12.8. The van der Waals surface area contributed by atoms with Gasteiger partial charge in [0, 0.05) is 5.56 Å². The van der Waals surface area contributed by atoms with Gasteiger partial charge in [-0.1, -0.05) is 30.3 Å². The van der Waals surface area contributed by atoms with Crippen LogP contribution in [0.2, 0.25) is 0 Å². The number of furan rings is 1. The highest BCUT2D eigenvalue weighted by atomic mass is 16.5. The van der Waals surface area contributed by atoms with Gasteiger partial charge in [-0.3, -0.25) is 4.79 Å². The number of anilines is 1. The molecule has 3 aromatic rings. The number of nitrogens with zero attached hydrogens (tertiary/aromatic N) is 2. The van der Waals surface area contributed by atoms with Gasteiger partial charge >= 0.3 is 5.97 Å². The van der Waals surface area contributed by atoms with E-state index in [1.54, 1.807) is 50.3 Å². The molecule has 4 rings (SSSR count). The van der Waals surface area contributed by atoms with Crippen LogP contribution in [0, 0.1) is 0 Å². The number of hydrazone groups is 1. The van der Waals surface area contributed by atoms with Crippen molar-refractivity contribution in [2.75, 3.05) is 11.6 Å². The van der Waals surface area contributed by atoms with Crippen LogP contribution in [-0.2, 0) is 9.53 Å². The smallest absolute Gasteiger partial charge is 0.338 e. The van der Waals surface area contributed by atoms with Gasteiger partial charge in [0.2, 0.25) is 0 Å². The van der Waals surface area contributed by atoms with Gasteiger partial charge in [-0.05, 0) is 56.3 Å². The summed E-state index contributed by atoms with van der Waals surface area (Å²) in [5, 5.41) is 5.76. The van der Waals surface area contributed by atoms with Gasteiger partial charge in [0.05, 0.1) is 29.1 Å². The number of esters is 1. The minimum absolute atomic E-state index is 0.199. The van der Waals surface area contributed by atoms with Crippen molar-refractivity contribution in [2.45, 2.75) is 13.8 Å². The molecule has 0 bridgehead atoms. The third kappa shape index (κ3) is 3.80. The predicted molar refractivity (Wildman–Crippen MR) is 115 cm³/mol. The standard InChI is InChI=1S/C24H20N2O4/c1-3-29-24(28)18-11-9-17(10-12-18)22-14-13-20(30-22)15-21-16(2)25-26(23(21)27)19-7-5-4-6-8-19/h4-15H,3H2,1-2H3. The second-order valence-corrected chi connectivity index (χ2v) is 6.70. The molecule has 6 heteroatoms. The number of carbonyl (C=O) groups excluding carboxylic acids is 2. The molecule has 0 fully saturated rings. The van der Waals surface area contributed by atoms with Crippen LogP contribution in [0.15, 0.2) is 81.8 Å². The van der Waals surface area contributed by atoms with Crippen LogP contribution >= 0.6 is 0 Å². The van der Waals surface area contributed by atoms with E-state index in [1.807, 2.05) is 36.4 Å². The van der Waals surface area contributed by atoms with Gasteiger partial charge in [-0.25, -0.2) is 4.79 Å². The van der Waals surface area contributed by atoms with Crippen LogP contribution in [0.4, 0.5) is 5.69 Å². The van der Waals surface area contributed by atoms with Gasteiger partial charge in [-0.2, -0.15) is 10.1 Å². The van der Waals surface area contributed by atoms with Crippen molar-refractivity contribution >= 4 is 29.4 Å². The Balaban J connectivity index is 1.55. The Morgan fingerprint density at radius 3 is 2.50 bits per heavy atom. The maximum atomic E-state index is 12.8. The van der Waals surface area contributed by atoms with Gasteiger partial charge in [-0.15, -0.1) is 0 Å². The summed E-state index contributed by atoms with van der Waals surface area (Å²) in [7, 11) is 0. The van der Waals surface area contributed by atoms with E-state index in [4.69, 9.17) is 9.15 Å². The highest BCUT2D eigenvalue weighted by Crippen LogP contribution is 2.27. The van der Waals surface area contributed by atoms with Crippen molar-refractivity contribution in [2.24, 2.45) is 5.10 Å². The van der Waals surface area contributed by atoms with E-state index in [2.05, 4.69) is 5.10 Å². The molecule has 2 aromatic carbocycles. The minimum Gasteiger partial charge on any atom is -0.462 e. The fraction of sp³-hybridized carbons (Fsp3) is 0.125. The molecular weight excluding hydrogens is 380 g/mol. The number of carbonyl (C=O) groups is 2. The molecule has 0 aliphatic carbocycles. The number of hydrogen-bond acceptors (Lipinski definition) is 5. The van der Waals surface area contributed by atoms with E-state index in [0.29, 0.717) is 40.7 Å². The minimum atomic E-state index is -0.355. The average molecular weight is 400 g/mol. The molecule has 1 aliphatic heterocycles. The van der Waals surface area contributed by atoms with Crippen molar-refractivity contribution in [1.82, 2.24) is 0 Å². The molecule has 0 radical (unpaired) electrons. The average Bonchev–Trinajstić information content (AvgIpc) is 3.35. The third-order valence-electron chi connectivity index (χ3n) is 4.66. The fourth-order valence-corrected chi connectivity index (χ4v) is 3.14. The van der Waals surface area contributed by atoms with Gasteiger partial charge in [0.15, 0.2) is 0 Å². The molecule has 1 aliphatic rings. The van der Waals surface area contributed by atoms with E-state index >= 15 is 0 Å². The lowest BCUT2D eigenvalue weighted by atomic mass is 10.1. The summed E-state index contributed by atoms with van der Waals surface area (Å²) in [6.45, 7) is 3.90. The second kappa shape index (κ2) is 8.21. The first-order valence-electron chi connectivity index (χ1n) is 9.61. The Kier molecular flexibility index (Phi) is 5.30. The van der Waals surface area contributed by atoms with E-state index in [0.717, 1.165) is 5.56 Å². The molecule has 1 aromatic heterocycles. The number of amides is 1. The van der Waals surface area contributed by atoms with Gasteiger partial charge in [0.1, 0.15) is 11.5 Å². The lowest BCUT2D eigenvalue weighted by Gasteiger charge is -2.10. The zero-order chi connectivity index (χ0) is 21.1. The molecule has 30 heavy (non-hydrogen) atoms. The molecule has 0 saturated heterocycles. The van der Waals surface area contributed by atoms with E-state index in [-0.39, 0.29) is 11.9 Å². The Hall–Kier alpha value is -3.93. The molecule has 0 saturated carbocycles. The third-order valence-corrected chi connectivity index (χ3v) is 4.66. The SMILES string of the molecule is CCOC(=O)c1ccc(-c2ccc(C=C3C(=O)N(c4ccccc4)N=C3C)o2)cc1. The summed E-state index contributed by atoms with van der Waals surface area (Å²) in [6, 6.07) is 19.9. The summed E-state index contributed by atoms with van der Waals surface area (Å²) in [5.41, 5.74) is 3.13. The number of hydrogen-bond donors (Lipinski definition) is 0. The van der Waals surface area contributed by atoms with Crippen LogP contribution in [0.1, 0.15) is 30.0 Å². The second-order valence-electron chi connectivity index (χ2n) is 6.70. The van der Waals surface area contributed by atoms with Crippen LogP contribution in [0.5, 0.6) is 0 Å². The largest absolute Gasteiger partial charge is 0.462 e. The zero-order valence-corrected chi connectivity index (χ0v) is 16.7. The summed E-state index contributed by atoms with van der Waals surface area (Å²) >= 11 is 0. The Morgan fingerprint density at radius 1 is 1.07 bits per heavy atom. The first-order valence-corrected chi connectivity index (χ1v) is 9.61. The van der Waals surface area contributed by atoms with E-state index in [9.17, 15) is 9.59 Å². The number of ether oxygens (including phenoxy) is 1. The molecule has 0 N–H and O–H groups in total. The molecule has 0 unspecified atom stereocenters. The molecule has 1 amide bonds. The molecule has 6 nitrogen and oxygen atoms in total. The Morgan fingerprint density at radius 2 is 1.80 bits per heavy atom. The Bertz CT molecular complexity index is 1140. The highest BCUT2D eigenvalue weighted by Gasteiger charge is 2.28. The number of rotatable bonds is 5. The summed E-state index contributed by atoms with van der Waals surface area (Å²) in [5.74, 6) is 0.631. The molecule has 0 spiro atoms. The first kappa shape index (κ1) is 19.4. The monoisotopic (exact) mass is 400 g/mol. The zero-order valence-electron chi connectivity index (χ0n) is 16.7. The lowest BCUT2D eigenvalue weighted by Crippen LogP contribution is -2.21. The molecular formula is C24H20N2O4. The fourth-order valence-electron chi connectivity index (χ4n) is 3.14. The molecule has 150 valence electrons. The highest BCUT2D eigenvalue weighted by molar-refractivity contribution is 6.32. The van der Waals surface area contributed by atoms with Crippen LogP contribution in [0.25, 0.3) is 17.4 Å². The van der Waals surface area contributed by atoms with Crippen molar-refractivity contribution in [1.29, 1.82) is 0 Å². The van der Waals surface area contributed by atoms with E-state index < -0.39 is 0 Å². The van der Waals surface area contributed by atoms with Crippen LogP contribution in [-0.4, -0.2) is 24.2 Å². The normalized spacial score (nSPS) is 14.9. The van der Waals surface area contributed by atoms with Crippen molar-refractivity contribution < 1.29 is 18.7 Å². The molecule has 2 heterocycles. The Labute approximate surface area is 174 Å². The lowest BCUT2D eigenvalue weighted by molar-refractivity contribution is -0.114. The number of para-hydroxylation sites is 1. The van der Waals surface area contributed by atoms with Crippen molar-refractivity contribution in [3.8, 4) is 11.3 Å². The topological polar surface area (TPSA) is 72.1 Å². The predicted octanol–water partition coefficient (Wildman–Crippen LogP) is 4.93.